The van der Waals surface area contributed by atoms with Crippen molar-refractivity contribution in [3.8, 4) is 0 Å². The lowest BCUT2D eigenvalue weighted by atomic mass is 10.00. The maximum atomic E-state index is 5.74. The first-order valence-electron chi connectivity index (χ1n) is 6.03. The summed E-state index contributed by atoms with van der Waals surface area (Å²) in [4.78, 5) is 0. The summed E-state index contributed by atoms with van der Waals surface area (Å²) in [7, 11) is 0. The maximum absolute atomic E-state index is 5.74. The highest BCUT2D eigenvalue weighted by molar-refractivity contribution is 5.29. The van der Waals surface area contributed by atoms with E-state index in [1.807, 2.05) is 6.20 Å². The highest BCUT2D eigenvalue weighted by Crippen LogP contribution is 2.43. The molecule has 0 bridgehead atoms. The Morgan fingerprint density at radius 1 is 1.60 bits per heavy atom. The van der Waals surface area contributed by atoms with Crippen LogP contribution < -0.4 is 5.73 Å². The summed E-state index contributed by atoms with van der Waals surface area (Å²) in [6.45, 7) is 6.16. The fourth-order valence-corrected chi connectivity index (χ4v) is 2.11. The Balaban J connectivity index is 2.29. The second-order valence-electron chi connectivity index (χ2n) is 4.62. The van der Waals surface area contributed by atoms with Gasteiger partial charge in [0.15, 0.2) is 0 Å². The molecule has 1 aliphatic carbocycles. The van der Waals surface area contributed by atoms with Crippen molar-refractivity contribution in [2.45, 2.75) is 51.5 Å². The number of hydrogen-bond donors (Lipinski definition) is 1. The van der Waals surface area contributed by atoms with Gasteiger partial charge in [-0.25, -0.2) is 0 Å². The Morgan fingerprint density at radius 2 is 2.33 bits per heavy atom. The smallest absolute Gasteiger partial charge is 0.0528 e. The van der Waals surface area contributed by atoms with E-state index in [0.717, 1.165) is 25.4 Å². The highest BCUT2D eigenvalue weighted by Gasteiger charge is 2.31. The molecule has 0 radical (unpaired) electrons. The number of aryl methyl sites for hydroxylation is 1. The molecule has 0 aromatic carbocycles. The van der Waals surface area contributed by atoms with Crippen LogP contribution in [0, 0.1) is 0 Å². The zero-order valence-electron chi connectivity index (χ0n) is 9.74. The Kier molecular flexibility index (Phi) is 3.10. The van der Waals surface area contributed by atoms with E-state index in [9.17, 15) is 0 Å². The Morgan fingerprint density at radius 3 is 2.87 bits per heavy atom. The van der Waals surface area contributed by atoms with E-state index < -0.39 is 0 Å². The molecule has 1 aromatic heterocycles. The zero-order chi connectivity index (χ0) is 10.8. The van der Waals surface area contributed by atoms with Crippen molar-refractivity contribution in [3.63, 3.8) is 0 Å². The van der Waals surface area contributed by atoms with Crippen molar-refractivity contribution in [2.24, 2.45) is 5.73 Å². The molecule has 1 saturated carbocycles. The fraction of sp³-hybridized carbons (Fsp3) is 0.750. The monoisotopic (exact) mass is 207 g/mol. The number of rotatable bonds is 5. The van der Waals surface area contributed by atoms with E-state index >= 15 is 0 Å². The molecule has 1 heterocycles. The van der Waals surface area contributed by atoms with Crippen LogP contribution in [0.3, 0.4) is 0 Å². The third-order valence-corrected chi connectivity index (χ3v) is 3.19. The molecule has 3 nitrogen and oxygen atoms in total. The van der Waals surface area contributed by atoms with E-state index in [4.69, 9.17) is 5.73 Å². The second kappa shape index (κ2) is 4.35. The van der Waals surface area contributed by atoms with Gasteiger partial charge in [-0.15, -0.1) is 0 Å². The van der Waals surface area contributed by atoms with E-state index in [-0.39, 0.29) is 0 Å². The molecule has 15 heavy (non-hydrogen) atoms. The minimum Gasteiger partial charge on any atom is -0.330 e. The van der Waals surface area contributed by atoms with Crippen molar-refractivity contribution in [2.75, 3.05) is 6.54 Å². The Hall–Kier alpha value is -0.830. The molecular formula is C12H21N3. The number of hydrogen-bond acceptors (Lipinski definition) is 2. The fourth-order valence-electron chi connectivity index (χ4n) is 2.11. The SMILES string of the molecule is CCCn1ncc(C(C)CN)c1C1CC1. The molecule has 2 rings (SSSR count). The topological polar surface area (TPSA) is 43.8 Å². The normalized spacial score (nSPS) is 18.1. The average molecular weight is 207 g/mol. The summed E-state index contributed by atoms with van der Waals surface area (Å²) < 4.78 is 2.19. The molecule has 3 heteroatoms. The molecule has 1 fully saturated rings. The van der Waals surface area contributed by atoms with Gasteiger partial charge in [0.25, 0.3) is 0 Å². The van der Waals surface area contributed by atoms with Crippen LogP contribution in [0.5, 0.6) is 0 Å². The first-order valence-corrected chi connectivity index (χ1v) is 6.03. The van der Waals surface area contributed by atoms with Crippen molar-refractivity contribution in [1.82, 2.24) is 9.78 Å². The van der Waals surface area contributed by atoms with Gasteiger partial charge in [0.1, 0.15) is 0 Å². The lowest BCUT2D eigenvalue weighted by Crippen LogP contribution is -2.11. The molecule has 2 N–H and O–H groups in total. The van der Waals surface area contributed by atoms with Crippen LogP contribution in [0.1, 0.15) is 56.2 Å². The quantitative estimate of drug-likeness (QED) is 0.804. The van der Waals surface area contributed by atoms with Crippen LogP contribution in [0.25, 0.3) is 0 Å². The van der Waals surface area contributed by atoms with Crippen molar-refractivity contribution < 1.29 is 0 Å². The highest BCUT2D eigenvalue weighted by atomic mass is 15.3. The van der Waals surface area contributed by atoms with Crippen molar-refractivity contribution in [1.29, 1.82) is 0 Å². The number of nitrogens with zero attached hydrogens (tertiary/aromatic N) is 2. The van der Waals surface area contributed by atoms with Crippen LogP contribution >= 0.6 is 0 Å². The van der Waals surface area contributed by atoms with Gasteiger partial charge in [0.05, 0.1) is 6.20 Å². The lowest BCUT2D eigenvalue weighted by molar-refractivity contribution is 0.571. The van der Waals surface area contributed by atoms with E-state index in [2.05, 4.69) is 23.6 Å². The summed E-state index contributed by atoms with van der Waals surface area (Å²) >= 11 is 0. The van der Waals surface area contributed by atoms with E-state index in [0.29, 0.717) is 5.92 Å². The molecule has 0 saturated heterocycles. The molecule has 84 valence electrons. The summed E-state index contributed by atoms with van der Waals surface area (Å²) in [5.74, 6) is 1.22. The third kappa shape index (κ3) is 2.07. The van der Waals surface area contributed by atoms with Gasteiger partial charge >= 0.3 is 0 Å². The minimum atomic E-state index is 0.450. The average Bonchev–Trinajstić information content (AvgIpc) is 3.00. The van der Waals surface area contributed by atoms with Crippen molar-refractivity contribution >= 4 is 0 Å². The van der Waals surface area contributed by atoms with Crippen LogP contribution in [0.2, 0.25) is 0 Å². The van der Waals surface area contributed by atoms with Crippen LogP contribution in [0.15, 0.2) is 6.20 Å². The number of aromatic nitrogens is 2. The first kappa shape index (κ1) is 10.7. The standard InChI is InChI=1S/C12H21N3/c1-3-6-15-12(10-4-5-10)11(8-14-15)9(2)7-13/h8-10H,3-7,13H2,1-2H3. The molecule has 0 aliphatic heterocycles. The maximum Gasteiger partial charge on any atom is 0.0528 e. The molecule has 1 aromatic rings. The van der Waals surface area contributed by atoms with Gasteiger partial charge < -0.3 is 5.73 Å². The molecule has 1 unspecified atom stereocenters. The zero-order valence-corrected chi connectivity index (χ0v) is 9.74. The molecule has 0 spiro atoms. The van der Waals surface area contributed by atoms with Crippen LogP contribution in [-0.2, 0) is 6.54 Å². The third-order valence-electron chi connectivity index (χ3n) is 3.19. The van der Waals surface area contributed by atoms with E-state index in [1.165, 1.54) is 24.1 Å². The second-order valence-corrected chi connectivity index (χ2v) is 4.62. The summed E-state index contributed by atoms with van der Waals surface area (Å²) in [5, 5.41) is 4.50. The summed E-state index contributed by atoms with van der Waals surface area (Å²) in [6.07, 6.45) is 5.85. The Labute approximate surface area is 91.7 Å². The van der Waals surface area contributed by atoms with Gasteiger partial charge in [-0.1, -0.05) is 13.8 Å². The van der Waals surface area contributed by atoms with E-state index in [1.54, 1.807) is 0 Å². The molecule has 1 atom stereocenters. The molecule has 0 amide bonds. The van der Waals surface area contributed by atoms with Gasteiger partial charge in [-0.05, 0) is 37.3 Å². The van der Waals surface area contributed by atoms with Gasteiger partial charge in [0.2, 0.25) is 0 Å². The lowest BCUT2D eigenvalue weighted by Gasteiger charge is -2.11. The van der Waals surface area contributed by atoms with Gasteiger partial charge in [-0.2, -0.15) is 5.10 Å². The minimum absolute atomic E-state index is 0.450. The molecule has 1 aliphatic rings. The largest absolute Gasteiger partial charge is 0.330 e. The van der Waals surface area contributed by atoms with Crippen molar-refractivity contribution in [3.05, 3.63) is 17.5 Å². The van der Waals surface area contributed by atoms with Gasteiger partial charge in [-0.3, -0.25) is 4.68 Å². The van der Waals surface area contributed by atoms with Crippen LogP contribution in [-0.4, -0.2) is 16.3 Å². The predicted molar refractivity (Wildman–Crippen MR) is 62.0 cm³/mol. The first-order chi connectivity index (χ1) is 7.27. The van der Waals surface area contributed by atoms with Gasteiger partial charge in [0, 0.05) is 18.2 Å². The van der Waals surface area contributed by atoms with Crippen LogP contribution in [0.4, 0.5) is 0 Å². The number of nitrogens with two attached hydrogens (primary N) is 1. The summed E-state index contributed by atoms with van der Waals surface area (Å²) in [5.41, 5.74) is 8.59. The summed E-state index contributed by atoms with van der Waals surface area (Å²) in [6, 6.07) is 0. The molecular weight excluding hydrogens is 186 g/mol. The predicted octanol–water partition coefficient (Wildman–Crippen LogP) is 2.23. The Bertz CT molecular complexity index is 326.